The minimum atomic E-state index is -2.19. The fourth-order valence-corrected chi connectivity index (χ4v) is 4.35. The molecule has 0 bridgehead atoms. The molecule has 0 aliphatic heterocycles. The fraction of sp³-hybridized carbons (Fsp3) is 0.320. The Hall–Kier alpha value is -3.92. The van der Waals surface area contributed by atoms with Crippen LogP contribution in [0.5, 0.6) is 5.75 Å². The molecule has 4 rings (SSSR count). The normalized spacial score (nSPS) is 19.8. The number of aliphatic hydroxyl groups is 1. The van der Waals surface area contributed by atoms with Crippen LogP contribution in [0.3, 0.4) is 0 Å². The quantitative estimate of drug-likeness (QED) is 0.408. The van der Waals surface area contributed by atoms with E-state index in [0.29, 0.717) is 35.4 Å². The van der Waals surface area contributed by atoms with Crippen molar-refractivity contribution in [1.29, 1.82) is 0 Å². The van der Waals surface area contributed by atoms with Gasteiger partial charge in [-0.1, -0.05) is 36.4 Å². The van der Waals surface area contributed by atoms with Crippen LogP contribution in [-0.2, 0) is 6.54 Å². The predicted molar refractivity (Wildman–Crippen MR) is 128 cm³/mol. The van der Waals surface area contributed by atoms with Gasteiger partial charge < -0.3 is 26.6 Å². The average molecular weight is 482 g/mol. The number of nitrogens with two attached hydrogens (primary N) is 2. The van der Waals surface area contributed by atoms with Gasteiger partial charge in [-0.2, -0.15) is 5.10 Å². The van der Waals surface area contributed by atoms with E-state index in [1.165, 1.54) is 11.8 Å². The van der Waals surface area contributed by atoms with Crippen LogP contribution in [0.4, 0.5) is 10.2 Å². The van der Waals surface area contributed by atoms with Crippen molar-refractivity contribution in [3.05, 3.63) is 65.2 Å². The number of halogens is 1. The molecule has 2 aromatic carbocycles. The first-order valence-corrected chi connectivity index (χ1v) is 11.3. The number of methoxy groups -OCH3 is 1. The maximum Gasteiger partial charge on any atom is 0.255 e. The lowest BCUT2D eigenvalue weighted by Gasteiger charge is -2.30. The predicted octanol–water partition coefficient (Wildman–Crippen LogP) is 2.94. The van der Waals surface area contributed by atoms with Crippen LogP contribution in [0.25, 0.3) is 11.3 Å². The number of anilines is 1. The second kappa shape index (κ2) is 9.75. The number of carbonyl (C=O) groups excluding carboxylic acids is 2. The molecule has 1 heterocycles. The minimum absolute atomic E-state index is 0.0342. The zero-order valence-electron chi connectivity index (χ0n) is 19.3. The molecule has 10 heteroatoms. The second-order valence-electron chi connectivity index (χ2n) is 8.65. The molecule has 0 radical (unpaired) electrons. The first-order valence-electron chi connectivity index (χ1n) is 11.3. The summed E-state index contributed by atoms with van der Waals surface area (Å²) in [4.78, 5) is 24.7. The van der Waals surface area contributed by atoms with Gasteiger partial charge in [-0.15, -0.1) is 0 Å². The van der Waals surface area contributed by atoms with Crippen molar-refractivity contribution in [2.75, 3.05) is 12.8 Å². The number of nitrogens with one attached hydrogen (secondary N) is 1. The average Bonchev–Trinajstić information content (AvgIpc) is 3.20. The monoisotopic (exact) mass is 481 g/mol. The zero-order chi connectivity index (χ0) is 25.2. The van der Waals surface area contributed by atoms with E-state index in [0.717, 1.165) is 5.56 Å². The number of hydrogen-bond acceptors (Lipinski definition) is 6. The summed E-state index contributed by atoms with van der Waals surface area (Å²) >= 11 is 0. The zero-order valence-corrected chi connectivity index (χ0v) is 19.3. The molecular formula is C25H28FN5O4. The highest BCUT2D eigenvalue weighted by atomic mass is 19.2. The number of amides is 2. The van der Waals surface area contributed by atoms with Crippen molar-refractivity contribution in [2.45, 2.75) is 44.1 Å². The summed E-state index contributed by atoms with van der Waals surface area (Å²) in [5, 5.41) is 17.0. The van der Waals surface area contributed by atoms with E-state index in [1.54, 1.807) is 36.4 Å². The number of nitrogen functional groups attached to an aromatic ring is 1. The maximum atomic E-state index is 13.8. The van der Waals surface area contributed by atoms with Gasteiger partial charge in [-0.25, -0.2) is 9.07 Å². The van der Waals surface area contributed by atoms with Crippen LogP contribution in [-0.4, -0.2) is 39.7 Å². The molecule has 0 atom stereocenters. The van der Waals surface area contributed by atoms with Gasteiger partial charge in [-0.3, -0.25) is 9.59 Å². The van der Waals surface area contributed by atoms with E-state index in [4.69, 9.17) is 16.2 Å². The molecule has 35 heavy (non-hydrogen) atoms. The molecule has 9 nitrogen and oxygen atoms in total. The molecule has 0 saturated heterocycles. The fourth-order valence-electron chi connectivity index (χ4n) is 4.35. The van der Waals surface area contributed by atoms with Crippen molar-refractivity contribution >= 4 is 17.6 Å². The van der Waals surface area contributed by atoms with Gasteiger partial charge in [0.2, 0.25) is 5.85 Å². The molecule has 6 N–H and O–H groups in total. The van der Waals surface area contributed by atoms with Gasteiger partial charge in [0.05, 0.1) is 18.7 Å². The SMILES string of the molecule is COc1ccccc1C(=O)NCc1ccc(-c2nn(C3CCC(O)(F)CC3)c(N)c2C(N)=O)cc1. The molecule has 1 aliphatic rings. The van der Waals surface area contributed by atoms with Gasteiger partial charge in [0.1, 0.15) is 22.8 Å². The number of benzene rings is 2. The Balaban J connectivity index is 1.51. The minimum Gasteiger partial charge on any atom is -0.496 e. The molecule has 0 spiro atoms. The number of ether oxygens (including phenoxy) is 1. The number of primary amides is 1. The second-order valence-corrected chi connectivity index (χ2v) is 8.65. The van der Waals surface area contributed by atoms with Crippen molar-refractivity contribution in [2.24, 2.45) is 5.73 Å². The van der Waals surface area contributed by atoms with Gasteiger partial charge in [0.25, 0.3) is 11.8 Å². The maximum absolute atomic E-state index is 13.8. The van der Waals surface area contributed by atoms with Gasteiger partial charge >= 0.3 is 0 Å². The summed E-state index contributed by atoms with van der Waals surface area (Å²) in [5.41, 5.74) is 14.1. The lowest BCUT2D eigenvalue weighted by Crippen LogP contribution is -2.30. The summed E-state index contributed by atoms with van der Waals surface area (Å²) in [5.74, 6) is -2.56. The number of hydrogen-bond donors (Lipinski definition) is 4. The van der Waals surface area contributed by atoms with E-state index in [1.807, 2.05) is 12.1 Å². The van der Waals surface area contributed by atoms with Crippen molar-refractivity contribution in [3.63, 3.8) is 0 Å². The Kier molecular flexibility index (Phi) is 6.74. The number of rotatable bonds is 7. The van der Waals surface area contributed by atoms with E-state index in [-0.39, 0.29) is 42.7 Å². The summed E-state index contributed by atoms with van der Waals surface area (Å²) < 4.78 is 20.5. The van der Waals surface area contributed by atoms with Crippen molar-refractivity contribution in [1.82, 2.24) is 15.1 Å². The number of carbonyl (C=O) groups is 2. The third-order valence-electron chi connectivity index (χ3n) is 6.29. The molecule has 1 fully saturated rings. The molecule has 1 saturated carbocycles. The lowest BCUT2D eigenvalue weighted by atomic mass is 9.91. The van der Waals surface area contributed by atoms with Crippen molar-refractivity contribution < 1.29 is 23.8 Å². The Morgan fingerprint density at radius 2 is 1.86 bits per heavy atom. The van der Waals surface area contributed by atoms with E-state index < -0.39 is 11.8 Å². The third-order valence-corrected chi connectivity index (χ3v) is 6.29. The molecule has 184 valence electrons. The largest absolute Gasteiger partial charge is 0.496 e. The molecule has 2 amide bonds. The first-order chi connectivity index (χ1) is 16.7. The van der Waals surface area contributed by atoms with Crippen LogP contribution < -0.4 is 21.5 Å². The number of para-hydroxylation sites is 1. The number of aromatic nitrogens is 2. The van der Waals surface area contributed by atoms with Crippen LogP contribution >= 0.6 is 0 Å². The van der Waals surface area contributed by atoms with Gasteiger partial charge in [0.15, 0.2) is 0 Å². The standard InChI is InChI=1S/C25H28FN5O4/c1-35-19-5-3-2-4-18(19)24(33)29-14-15-6-8-16(9-7-15)21-20(23(28)32)22(27)31(30-21)17-10-12-25(26,34)13-11-17/h2-9,17,34H,10-14,27H2,1H3,(H2,28,32)(H,29,33). The Morgan fingerprint density at radius 3 is 2.49 bits per heavy atom. The van der Waals surface area contributed by atoms with E-state index in [9.17, 15) is 19.1 Å². The summed E-state index contributed by atoms with van der Waals surface area (Å²) in [6.45, 7) is 0.282. The molecule has 3 aromatic rings. The topological polar surface area (TPSA) is 145 Å². The van der Waals surface area contributed by atoms with Gasteiger partial charge in [-0.05, 0) is 30.5 Å². The van der Waals surface area contributed by atoms with Crippen LogP contribution in [0.1, 0.15) is 58.0 Å². The smallest absolute Gasteiger partial charge is 0.255 e. The van der Waals surface area contributed by atoms with Crippen LogP contribution in [0.2, 0.25) is 0 Å². The highest BCUT2D eigenvalue weighted by molar-refractivity contribution is 6.03. The van der Waals surface area contributed by atoms with Crippen LogP contribution in [0, 0.1) is 0 Å². The number of alkyl halides is 1. The third kappa shape index (κ3) is 5.12. The highest BCUT2D eigenvalue weighted by Gasteiger charge is 2.35. The summed E-state index contributed by atoms with van der Waals surface area (Å²) in [6, 6.07) is 13.9. The molecular weight excluding hydrogens is 453 g/mol. The van der Waals surface area contributed by atoms with Crippen LogP contribution in [0.15, 0.2) is 48.5 Å². The Bertz CT molecular complexity index is 1230. The molecule has 0 unspecified atom stereocenters. The molecule has 1 aliphatic carbocycles. The lowest BCUT2D eigenvalue weighted by molar-refractivity contribution is -0.120. The Morgan fingerprint density at radius 1 is 1.20 bits per heavy atom. The Labute approximate surface area is 201 Å². The summed E-state index contributed by atoms with van der Waals surface area (Å²) in [6.07, 6.45) is 0.601. The van der Waals surface area contributed by atoms with E-state index in [2.05, 4.69) is 10.4 Å². The number of nitrogens with zero attached hydrogens (tertiary/aromatic N) is 2. The first kappa shape index (κ1) is 24.2. The van der Waals surface area contributed by atoms with E-state index >= 15 is 0 Å². The molecule has 1 aromatic heterocycles. The summed E-state index contributed by atoms with van der Waals surface area (Å²) in [7, 11) is 1.51. The van der Waals surface area contributed by atoms with Crippen molar-refractivity contribution in [3.8, 4) is 17.0 Å². The highest BCUT2D eigenvalue weighted by Crippen LogP contribution is 2.38. The van der Waals surface area contributed by atoms with Gasteiger partial charge in [0, 0.05) is 24.9 Å².